The molecule has 0 spiro atoms. The molecule has 0 fully saturated rings. The molecule has 1 aromatic rings. The Hall–Kier alpha value is -1.07. The van der Waals surface area contributed by atoms with Crippen LogP contribution in [-0.4, -0.2) is 30.3 Å². The number of hydrogen-bond donors (Lipinski definition) is 2. The van der Waals surface area contributed by atoms with Crippen molar-refractivity contribution in [1.29, 1.82) is 0 Å². The fourth-order valence-electron chi connectivity index (χ4n) is 1.37. The van der Waals surface area contributed by atoms with Crippen LogP contribution in [0, 0.1) is 0 Å². The van der Waals surface area contributed by atoms with Crippen molar-refractivity contribution in [3.63, 3.8) is 0 Å². The van der Waals surface area contributed by atoms with Gasteiger partial charge in [-0.1, -0.05) is 0 Å². The number of nitrogens with one attached hydrogen (secondary N) is 1. The molecule has 1 atom stereocenters. The first-order valence-corrected chi connectivity index (χ1v) is 6.21. The van der Waals surface area contributed by atoms with Crippen molar-refractivity contribution in [3.8, 4) is 0 Å². The summed E-state index contributed by atoms with van der Waals surface area (Å²) in [5.41, 5.74) is 1.13. The first-order valence-electron chi connectivity index (χ1n) is 5.41. The summed E-state index contributed by atoms with van der Waals surface area (Å²) in [6, 6.07) is 5.07. The third-order valence-electron chi connectivity index (χ3n) is 2.19. The van der Waals surface area contributed by atoms with E-state index in [1.54, 1.807) is 18.2 Å². The number of anilines is 1. The molecule has 1 rings (SSSR count). The summed E-state index contributed by atoms with van der Waals surface area (Å²) in [4.78, 5) is 10.8. The molecule has 94 valence electrons. The monoisotopic (exact) mass is 301 g/mol. The molecule has 1 unspecified atom stereocenters. The molecule has 0 radical (unpaired) electrons. The van der Waals surface area contributed by atoms with E-state index < -0.39 is 5.97 Å². The Morgan fingerprint density at radius 2 is 2.29 bits per heavy atom. The lowest BCUT2D eigenvalue weighted by Crippen LogP contribution is -2.21. The van der Waals surface area contributed by atoms with E-state index in [2.05, 4.69) is 21.2 Å². The van der Waals surface area contributed by atoms with E-state index in [1.165, 1.54) is 0 Å². The van der Waals surface area contributed by atoms with E-state index in [1.807, 2.05) is 13.8 Å². The minimum absolute atomic E-state index is 0.168. The van der Waals surface area contributed by atoms with Crippen molar-refractivity contribution < 1.29 is 14.6 Å². The van der Waals surface area contributed by atoms with Crippen molar-refractivity contribution in [3.05, 3.63) is 28.2 Å². The number of carboxylic acid groups (broad SMARTS) is 1. The van der Waals surface area contributed by atoms with Gasteiger partial charge in [0.05, 0.1) is 12.2 Å². The van der Waals surface area contributed by atoms with Gasteiger partial charge in [0.2, 0.25) is 0 Å². The number of carboxylic acids is 1. The lowest BCUT2D eigenvalue weighted by atomic mass is 10.2. The van der Waals surface area contributed by atoms with Crippen LogP contribution in [0.4, 0.5) is 5.69 Å². The highest BCUT2D eigenvalue weighted by Crippen LogP contribution is 2.24. The Labute approximate surface area is 109 Å². The molecule has 2 N–H and O–H groups in total. The van der Waals surface area contributed by atoms with Gasteiger partial charge in [-0.05, 0) is 48.0 Å². The van der Waals surface area contributed by atoms with Crippen LogP contribution in [0.5, 0.6) is 0 Å². The number of ether oxygens (including phenoxy) is 1. The van der Waals surface area contributed by atoms with Crippen LogP contribution in [0.3, 0.4) is 0 Å². The van der Waals surface area contributed by atoms with E-state index in [0.29, 0.717) is 13.2 Å². The largest absolute Gasteiger partial charge is 0.478 e. The molecule has 0 aromatic heterocycles. The fourth-order valence-corrected chi connectivity index (χ4v) is 1.86. The highest BCUT2D eigenvalue weighted by molar-refractivity contribution is 9.10. The third-order valence-corrected chi connectivity index (χ3v) is 2.85. The summed E-state index contributed by atoms with van der Waals surface area (Å²) >= 11 is 3.35. The summed E-state index contributed by atoms with van der Waals surface area (Å²) in [7, 11) is 0. The topological polar surface area (TPSA) is 58.6 Å². The van der Waals surface area contributed by atoms with Gasteiger partial charge in [-0.15, -0.1) is 0 Å². The van der Waals surface area contributed by atoms with Gasteiger partial charge >= 0.3 is 5.97 Å². The van der Waals surface area contributed by atoms with E-state index in [0.717, 1.165) is 10.2 Å². The van der Waals surface area contributed by atoms with Crippen LogP contribution >= 0.6 is 15.9 Å². The lowest BCUT2D eigenvalue weighted by molar-refractivity contribution is 0.0697. The van der Waals surface area contributed by atoms with Gasteiger partial charge in [0.15, 0.2) is 0 Å². The summed E-state index contributed by atoms with van der Waals surface area (Å²) in [5.74, 6) is -0.931. The maximum absolute atomic E-state index is 10.8. The van der Waals surface area contributed by atoms with E-state index in [-0.39, 0.29) is 11.6 Å². The van der Waals surface area contributed by atoms with Crippen molar-refractivity contribution in [2.45, 2.75) is 19.9 Å². The van der Waals surface area contributed by atoms with Crippen LogP contribution in [-0.2, 0) is 4.74 Å². The van der Waals surface area contributed by atoms with E-state index >= 15 is 0 Å². The third kappa shape index (κ3) is 4.36. The van der Waals surface area contributed by atoms with Gasteiger partial charge in [-0.25, -0.2) is 4.79 Å². The molecule has 0 amide bonds. The van der Waals surface area contributed by atoms with Crippen LogP contribution in [0.2, 0.25) is 0 Å². The zero-order valence-corrected chi connectivity index (χ0v) is 11.5. The molecule has 4 nitrogen and oxygen atoms in total. The summed E-state index contributed by atoms with van der Waals surface area (Å²) in [6.45, 7) is 5.26. The lowest BCUT2D eigenvalue weighted by Gasteiger charge is -2.16. The second-order valence-electron chi connectivity index (χ2n) is 3.70. The predicted molar refractivity (Wildman–Crippen MR) is 70.7 cm³/mol. The SMILES string of the molecule is CCOCC(C)Nc1ccc(C(=O)O)cc1Br. The minimum Gasteiger partial charge on any atom is -0.478 e. The van der Waals surface area contributed by atoms with Crippen LogP contribution in [0.25, 0.3) is 0 Å². The van der Waals surface area contributed by atoms with Gasteiger partial charge in [-0.3, -0.25) is 0 Å². The van der Waals surface area contributed by atoms with Crippen LogP contribution < -0.4 is 5.32 Å². The zero-order valence-electron chi connectivity index (χ0n) is 9.87. The maximum Gasteiger partial charge on any atom is 0.335 e. The number of rotatable bonds is 6. The van der Waals surface area contributed by atoms with E-state index in [9.17, 15) is 4.79 Å². The molecule has 0 saturated heterocycles. The van der Waals surface area contributed by atoms with Crippen LogP contribution in [0.1, 0.15) is 24.2 Å². The van der Waals surface area contributed by atoms with Crippen molar-refractivity contribution in [1.82, 2.24) is 0 Å². The van der Waals surface area contributed by atoms with Crippen molar-refractivity contribution in [2.75, 3.05) is 18.5 Å². The molecule has 0 aliphatic carbocycles. The minimum atomic E-state index is -0.931. The molecule has 1 aromatic carbocycles. The number of benzene rings is 1. The number of halogens is 1. The van der Waals surface area contributed by atoms with Gasteiger partial charge in [0, 0.05) is 22.8 Å². The number of hydrogen-bond acceptors (Lipinski definition) is 3. The van der Waals surface area contributed by atoms with Gasteiger partial charge in [0.25, 0.3) is 0 Å². The summed E-state index contributed by atoms with van der Waals surface area (Å²) in [5, 5.41) is 12.1. The molecule has 0 saturated carbocycles. The molecule has 0 bridgehead atoms. The van der Waals surface area contributed by atoms with Gasteiger partial charge in [-0.2, -0.15) is 0 Å². The molecule has 17 heavy (non-hydrogen) atoms. The molecule has 0 aliphatic rings. The second kappa shape index (κ2) is 6.61. The predicted octanol–water partition coefficient (Wildman–Crippen LogP) is 2.98. The Morgan fingerprint density at radius 3 is 2.82 bits per heavy atom. The Kier molecular flexibility index (Phi) is 5.44. The first kappa shape index (κ1) is 14.0. The zero-order chi connectivity index (χ0) is 12.8. The average molecular weight is 302 g/mol. The Morgan fingerprint density at radius 1 is 1.59 bits per heavy atom. The normalized spacial score (nSPS) is 12.2. The Bertz CT molecular complexity index is 395. The maximum atomic E-state index is 10.8. The first-order chi connectivity index (χ1) is 8.04. The van der Waals surface area contributed by atoms with Gasteiger partial charge < -0.3 is 15.2 Å². The highest BCUT2D eigenvalue weighted by Gasteiger charge is 2.08. The molecule has 5 heteroatoms. The number of carbonyl (C=O) groups is 1. The quantitative estimate of drug-likeness (QED) is 0.848. The molecular formula is C12H16BrNO3. The molecular weight excluding hydrogens is 286 g/mol. The number of aromatic carboxylic acids is 1. The summed E-state index contributed by atoms with van der Waals surface area (Å²) in [6.07, 6.45) is 0. The van der Waals surface area contributed by atoms with Crippen LogP contribution in [0.15, 0.2) is 22.7 Å². The van der Waals surface area contributed by atoms with E-state index in [4.69, 9.17) is 9.84 Å². The van der Waals surface area contributed by atoms with Crippen molar-refractivity contribution >= 4 is 27.6 Å². The smallest absolute Gasteiger partial charge is 0.335 e. The van der Waals surface area contributed by atoms with Gasteiger partial charge in [0.1, 0.15) is 0 Å². The fraction of sp³-hybridized carbons (Fsp3) is 0.417. The molecule has 0 aliphatic heterocycles. The second-order valence-corrected chi connectivity index (χ2v) is 4.56. The average Bonchev–Trinajstić information content (AvgIpc) is 2.28. The standard InChI is InChI=1S/C12H16BrNO3/c1-3-17-7-8(2)14-11-5-4-9(12(15)16)6-10(11)13/h4-6,8,14H,3,7H2,1-2H3,(H,15,16). The Balaban J connectivity index is 2.69. The van der Waals surface area contributed by atoms with Crippen molar-refractivity contribution in [2.24, 2.45) is 0 Å². The molecule has 0 heterocycles. The summed E-state index contributed by atoms with van der Waals surface area (Å²) < 4.78 is 6.03. The highest BCUT2D eigenvalue weighted by atomic mass is 79.9.